The van der Waals surface area contributed by atoms with Gasteiger partial charge in [-0.1, -0.05) is 18.2 Å². The van der Waals surface area contributed by atoms with E-state index in [0.29, 0.717) is 32.6 Å². The molecule has 132 valence electrons. The third kappa shape index (κ3) is 3.02. The van der Waals surface area contributed by atoms with Crippen molar-refractivity contribution in [3.63, 3.8) is 0 Å². The van der Waals surface area contributed by atoms with Crippen molar-refractivity contribution in [1.82, 2.24) is 9.80 Å². The lowest BCUT2D eigenvalue weighted by Gasteiger charge is -2.33. The molecule has 3 aliphatic rings. The molecule has 2 saturated heterocycles. The molecule has 1 N–H and O–H groups in total. The Labute approximate surface area is 150 Å². The zero-order valence-corrected chi connectivity index (χ0v) is 14.8. The molecule has 0 radical (unpaired) electrons. The predicted molar refractivity (Wildman–Crippen MR) is 93.0 cm³/mol. The number of likely N-dealkylation sites (tertiary alicyclic amines) is 1. The number of allylic oxidation sites excluding steroid dienone is 2. The van der Waals surface area contributed by atoms with Crippen LogP contribution in [0.3, 0.4) is 0 Å². The van der Waals surface area contributed by atoms with Crippen LogP contribution in [0.4, 0.5) is 0 Å². The molecule has 0 aromatic carbocycles. The molecule has 2 fully saturated rings. The monoisotopic (exact) mass is 360 g/mol. The Morgan fingerprint density at radius 1 is 1.12 bits per heavy atom. The maximum Gasteiger partial charge on any atom is 0.264 e. The molecule has 0 spiro atoms. The van der Waals surface area contributed by atoms with Gasteiger partial charge in [0.2, 0.25) is 11.8 Å². The number of carbonyl (C=O) groups excluding carboxylic acids is 3. The van der Waals surface area contributed by atoms with Gasteiger partial charge in [0.15, 0.2) is 6.67 Å². The van der Waals surface area contributed by atoms with Crippen LogP contribution in [0.15, 0.2) is 29.7 Å². The summed E-state index contributed by atoms with van der Waals surface area (Å²) in [4.78, 5) is 42.8. The van der Waals surface area contributed by atoms with Crippen molar-refractivity contribution < 1.29 is 19.3 Å². The predicted octanol–water partition coefficient (Wildman–Crippen LogP) is -0.00250. The molecular formula is C18H22N3O3S+. The molecule has 6 nitrogen and oxygen atoms in total. The van der Waals surface area contributed by atoms with Crippen LogP contribution < -0.4 is 4.90 Å². The number of piperazine rings is 1. The Morgan fingerprint density at radius 2 is 1.76 bits per heavy atom. The van der Waals surface area contributed by atoms with E-state index in [4.69, 9.17) is 0 Å². The highest BCUT2D eigenvalue weighted by Crippen LogP contribution is 2.34. The number of carbonyl (C=O) groups is 3. The number of hydrogen-bond donors (Lipinski definition) is 1. The highest BCUT2D eigenvalue weighted by atomic mass is 32.1. The van der Waals surface area contributed by atoms with Crippen molar-refractivity contribution in [2.75, 3.05) is 32.8 Å². The number of nitrogens with zero attached hydrogens (tertiary/aromatic N) is 2. The highest BCUT2D eigenvalue weighted by molar-refractivity contribution is 7.12. The minimum absolute atomic E-state index is 0.0102. The van der Waals surface area contributed by atoms with Crippen molar-refractivity contribution >= 4 is 29.1 Å². The molecule has 4 rings (SSSR count). The SMILES string of the molecule is O=C(c1cccs1)N1CC[NH+](CN2C(=O)[C@@H]3CC=CC[C@H]3C2=O)CC1. The molecular weight excluding hydrogens is 338 g/mol. The molecule has 25 heavy (non-hydrogen) atoms. The molecule has 1 aliphatic carbocycles. The van der Waals surface area contributed by atoms with E-state index < -0.39 is 0 Å². The van der Waals surface area contributed by atoms with E-state index in [0.717, 1.165) is 18.0 Å². The lowest BCUT2D eigenvalue weighted by atomic mass is 9.85. The van der Waals surface area contributed by atoms with E-state index in [1.807, 2.05) is 34.6 Å². The van der Waals surface area contributed by atoms with E-state index in [1.165, 1.54) is 21.1 Å². The van der Waals surface area contributed by atoms with Gasteiger partial charge in [-0.3, -0.25) is 14.4 Å². The van der Waals surface area contributed by atoms with Gasteiger partial charge in [0.05, 0.1) is 42.9 Å². The van der Waals surface area contributed by atoms with Gasteiger partial charge in [0, 0.05) is 0 Å². The van der Waals surface area contributed by atoms with Crippen molar-refractivity contribution in [3.05, 3.63) is 34.5 Å². The number of nitrogens with one attached hydrogen (secondary N) is 1. The molecule has 3 amide bonds. The Morgan fingerprint density at radius 3 is 2.32 bits per heavy atom. The Kier molecular flexibility index (Phi) is 4.43. The van der Waals surface area contributed by atoms with Gasteiger partial charge in [0.25, 0.3) is 5.91 Å². The maximum absolute atomic E-state index is 12.5. The van der Waals surface area contributed by atoms with Crippen LogP contribution in [0.1, 0.15) is 22.5 Å². The number of rotatable bonds is 3. The number of quaternary nitrogens is 1. The summed E-state index contributed by atoms with van der Waals surface area (Å²) >= 11 is 1.46. The van der Waals surface area contributed by atoms with Crippen LogP contribution in [0.5, 0.6) is 0 Å². The van der Waals surface area contributed by atoms with Gasteiger partial charge in [0.1, 0.15) is 0 Å². The van der Waals surface area contributed by atoms with E-state index in [2.05, 4.69) is 0 Å². The standard InChI is InChI=1S/C18H21N3O3S/c22-16-13-4-1-2-5-14(13)17(23)21(16)12-19-7-9-20(10-8-19)18(24)15-6-3-11-25-15/h1-3,6,11,13-14H,4-5,7-10,12H2/p+1/t13-,14-/m1/s1. The third-order valence-corrected chi connectivity index (χ3v) is 6.33. The van der Waals surface area contributed by atoms with Crippen molar-refractivity contribution in [2.24, 2.45) is 11.8 Å². The van der Waals surface area contributed by atoms with Crippen molar-refractivity contribution in [2.45, 2.75) is 12.8 Å². The fourth-order valence-corrected chi connectivity index (χ4v) is 4.68. The smallest absolute Gasteiger partial charge is 0.264 e. The number of imide groups is 1. The number of fused-ring (bicyclic) bond motifs is 1. The summed E-state index contributed by atoms with van der Waals surface area (Å²) in [6, 6.07) is 3.74. The molecule has 3 heterocycles. The lowest BCUT2D eigenvalue weighted by Crippen LogP contribution is -3.16. The third-order valence-electron chi connectivity index (χ3n) is 5.47. The first-order valence-electron chi connectivity index (χ1n) is 8.81. The summed E-state index contributed by atoms with van der Waals surface area (Å²) in [7, 11) is 0. The van der Waals surface area contributed by atoms with E-state index in [9.17, 15) is 14.4 Å². The topological polar surface area (TPSA) is 62.1 Å². The Bertz CT molecular complexity index is 681. The molecule has 0 saturated carbocycles. The van der Waals surface area contributed by atoms with Gasteiger partial charge in [-0.05, 0) is 24.3 Å². The summed E-state index contributed by atoms with van der Waals surface area (Å²) in [5, 5.41) is 1.91. The summed E-state index contributed by atoms with van der Waals surface area (Å²) in [6.45, 7) is 3.29. The number of amides is 3. The quantitative estimate of drug-likeness (QED) is 0.610. The van der Waals surface area contributed by atoms with Gasteiger partial charge < -0.3 is 9.80 Å². The molecule has 2 aliphatic heterocycles. The molecule has 1 aromatic rings. The van der Waals surface area contributed by atoms with Crippen LogP contribution in [0, 0.1) is 11.8 Å². The average Bonchev–Trinajstić information content (AvgIpc) is 3.26. The summed E-state index contributed by atoms with van der Waals surface area (Å²) in [6.07, 6.45) is 5.39. The van der Waals surface area contributed by atoms with Crippen LogP contribution >= 0.6 is 11.3 Å². The normalized spacial score (nSPS) is 27.0. The second-order valence-corrected chi connectivity index (χ2v) is 7.89. The van der Waals surface area contributed by atoms with Crippen molar-refractivity contribution in [3.8, 4) is 0 Å². The summed E-state index contributed by atoms with van der Waals surface area (Å²) in [5.41, 5.74) is 0. The number of thiophene rings is 1. The van der Waals surface area contributed by atoms with Crippen LogP contribution in [0.25, 0.3) is 0 Å². The fourth-order valence-electron chi connectivity index (χ4n) is 3.99. The Hall–Kier alpha value is -1.99. The minimum Gasteiger partial charge on any atom is -0.327 e. The average molecular weight is 360 g/mol. The molecule has 2 atom stereocenters. The minimum atomic E-state index is -0.154. The van der Waals surface area contributed by atoms with Crippen molar-refractivity contribution in [1.29, 1.82) is 0 Å². The summed E-state index contributed by atoms with van der Waals surface area (Å²) < 4.78 is 0. The zero-order chi connectivity index (χ0) is 17.4. The first kappa shape index (κ1) is 16.5. The second-order valence-electron chi connectivity index (χ2n) is 6.94. The van der Waals surface area contributed by atoms with Gasteiger partial charge in [-0.2, -0.15) is 0 Å². The van der Waals surface area contributed by atoms with Crippen LogP contribution in [-0.2, 0) is 9.59 Å². The molecule has 0 bridgehead atoms. The number of hydrogen-bond acceptors (Lipinski definition) is 4. The second kappa shape index (κ2) is 6.72. The van der Waals surface area contributed by atoms with Gasteiger partial charge in [-0.15, -0.1) is 11.3 Å². The van der Waals surface area contributed by atoms with E-state index >= 15 is 0 Å². The molecule has 0 unspecified atom stereocenters. The van der Waals surface area contributed by atoms with Gasteiger partial charge in [-0.25, -0.2) is 4.90 Å². The largest absolute Gasteiger partial charge is 0.327 e. The van der Waals surface area contributed by atoms with Gasteiger partial charge >= 0.3 is 0 Å². The molecule has 7 heteroatoms. The van der Waals surface area contributed by atoms with Crippen LogP contribution in [-0.4, -0.2) is 60.4 Å². The fraction of sp³-hybridized carbons (Fsp3) is 0.500. The first-order valence-corrected chi connectivity index (χ1v) is 9.69. The Balaban J connectivity index is 1.34. The first-order chi connectivity index (χ1) is 12.1. The van der Waals surface area contributed by atoms with E-state index in [1.54, 1.807) is 0 Å². The highest BCUT2D eigenvalue weighted by Gasteiger charge is 2.48. The lowest BCUT2D eigenvalue weighted by molar-refractivity contribution is -0.911. The maximum atomic E-state index is 12.5. The van der Waals surface area contributed by atoms with E-state index in [-0.39, 0.29) is 29.6 Å². The van der Waals surface area contributed by atoms with Crippen LogP contribution in [0.2, 0.25) is 0 Å². The molecule has 1 aromatic heterocycles. The zero-order valence-electron chi connectivity index (χ0n) is 14.0. The summed E-state index contributed by atoms with van der Waals surface area (Å²) in [5.74, 6) is -0.246.